The van der Waals surface area contributed by atoms with Gasteiger partial charge >= 0.3 is 5.97 Å². The van der Waals surface area contributed by atoms with Crippen LogP contribution < -0.4 is 0 Å². The minimum Gasteiger partial charge on any atom is -0.463 e. The number of unbranched alkanes of at least 4 members (excludes halogenated alkanes) is 9. The third-order valence-electron chi connectivity index (χ3n) is 5.06. The van der Waals surface area contributed by atoms with E-state index in [0.29, 0.717) is 12.5 Å². The highest BCUT2D eigenvalue weighted by atomic mass is 16.5. The van der Waals surface area contributed by atoms with Crippen LogP contribution in [0.2, 0.25) is 0 Å². The van der Waals surface area contributed by atoms with Gasteiger partial charge in [0.2, 0.25) is 6.10 Å². The predicted octanol–water partition coefficient (Wildman–Crippen LogP) is 5.60. The number of rotatable bonds is 18. The number of carbonyl (C=O) groups excluding carboxylic acids is 2. The molecule has 0 aliphatic rings. The van der Waals surface area contributed by atoms with Crippen molar-refractivity contribution in [3.8, 4) is 0 Å². The number of aliphatic hydroxyl groups is 1. The first-order valence-electron chi connectivity index (χ1n) is 10.9. The third-order valence-corrected chi connectivity index (χ3v) is 5.06. The first kappa shape index (κ1) is 25.1. The summed E-state index contributed by atoms with van der Waals surface area (Å²) in [5.41, 5.74) is 0. The molecule has 0 aromatic heterocycles. The van der Waals surface area contributed by atoms with E-state index in [2.05, 4.69) is 20.8 Å². The predicted molar refractivity (Wildman–Crippen MR) is 107 cm³/mol. The standard InChI is InChI=1S/C22H42O4/c1-4-7-9-10-11-12-13-14-15-17-20(23)21(24)22(25)26-18-19(6-3)16-8-5-2/h19,21,24H,4-18H2,1-3H3. The summed E-state index contributed by atoms with van der Waals surface area (Å²) in [6.45, 7) is 6.72. The van der Waals surface area contributed by atoms with Gasteiger partial charge in [0, 0.05) is 6.42 Å². The van der Waals surface area contributed by atoms with Crippen LogP contribution in [-0.4, -0.2) is 29.6 Å². The van der Waals surface area contributed by atoms with Gasteiger partial charge in [0.25, 0.3) is 0 Å². The Morgan fingerprint density at radius 3 is 1.88 bits per heavy atom. The summed E-state index contributed by atoms with van der Waals surface area (Å²) in [6.07, 6.45) is 13.4. The molecule has 0 bridgehead atoms. The van der Waals surface area contributed by atoms with Crippen molar-refractivity contribution in [3.63, 3.8) is 0 Å². The Hall–Kier alpha value is -0.900. The fourth-order valence-electron chi connectivity index (χ4n) is 3.06. The maximum Gasteiger partial charge on any atom is 0.342 e. The number of aliphatic hydroxyl groups excluding tert-OH is 1. The number of ketones is 1. The Bertz CT molecular complexity index is 354. The maximum atomic E-state index is 11.9. The molecule has 2 atom stereocenters. The van der Waals surface area contributed by atoms with E-state index in [0.717, 1.165) is 44.9 Å². The second kappa shape index (κ2) is 17.5. The Balaban J connectivity index is 3.78. The van der Waals surface area contributed by atoms with E-state index in [1.807, 2.05) is 0 Å². The van der Waals surface area contributed by atoms with E-state index in [-0.39, 0.29) is 6.42 Å². The minimum atomic E-state index is -1.60. The van der Waals surface area contributed by atoms with Gasteiger partial charge < -0.3 is 9.84 Å². The summed E-state index contributed by atoms with van der Waals surface area (Å²) < 4.78 is 5.16. The molecule has 154 valence electrons. The summed E-state index contributed by atoms with van der Waals surface area (Å²) in [4.78, 5) is 23.8. The summed E-state index contributed by atoms with van der Waals surface area (Å²) in [7, 11) is 0. The molecule has 0 aromatic rings. The van der Waals surface area contributed by atoms with Gasteiger partial charge in [-0.15, -0.1) is 0 Å². The van der Waals surface area contributed by atoms with Crippen molar-refractivity contribution in [2.45, 2.75) is 117 Å². The molecule has 2 unspecified atom stereocenters. The molecule has 0 rings (SSSR count). The van der Waals surface area contributed by atoms with Gasteiger partial charge in [-0.3, -0.25) is 4.79 Å². The summed E-state index contributed by atoms with van der Waals surface area (Å²) in [5, 5.41) is 9.85. The Labute approximate surface area is 161 Å². The highest BCUT2D eigenvalue weighted by Gasteiger charge is 2.25. The van der Waals surface area contributed by atoms with Crippen LogP contribution in [0.5, 0.6) is 0 Å². The zero-order valence-electron chi connectivity index (χ0n) is 17.4. The number of Topliss-reactive ketones (excluding diaryl/α,β-unsaturated/α-hetero) is 1. The molecule has 0 fully saturated rings. The van der Waals surface area contributed by atoms with E-state index in [9.17, 15) is 14.7 Å². The van der Waals surface area contributed by atoms with Crippen molar-refractivity contribution in [2.75, 3.05) is 6.61 Å². The molecule has 0 spiro atoms. The Morgan fingerprint density at radius 1 is 0.808 bits per heavy atom. The third kappa shape index (κ3) is 13.3. The van der Waals surface area contributed by atoms with Gasteiger partial charge in [-0.2, -0.15) is 0 Å². The summed E-state index contributed by atoms with van der Waals surface area (Å²) in [5.74, 6) is -0.862. The number of esters is 1. The zero-order chi connectivity index (χ0) is 19.6. The number of hydrogen-bond acceptors (Lipinski definition) is 4. The lowest BCUT2D eigenvalue weighted by Gasteiger charge is -2.16. The highest BCUT2D eigenvalue weighted by Crippen LogP contribution is 2.14. The lowest BCUT2D eigenvalue weighted by atomic mass is 10.0. The van der Waals surface area contributed by atoms with Gasteiger partial charge in [0.05, 0.1) is 6.61 Å². The van der Waals surface area contributed by atoms with Crippen LogP contribution in [0.25, 0.3) is 0 Å². The van der Waals surface area contributed by atoms with Gasteiger partial charge in [-0.1, -0.05) is 91.4 Å². The summed E-state index contributed by atoms with van der Waals surface area (Å²) in [6, 6.07) is 0. The molecular formula is C22H42O4. The molecule has 4 heteroatoms. The second-order valence-corrected chi connectivity index (χ2v) is 7.49. The molecule has 0 amide bonds. The van der Waals surface area contributed by atoms with Gasteiger partial charge in [0.15, 0.2) is 5.78 Å². The van der Waals surface area contributed by atoms with Gasteiger partial charge in [0.1, 0.15) is 0 Å². The van der Waals surface area contributed by atoms with Crippen LogP contribution in [0.15, 0.2) is 0 Å². The molecule has 0 aromatic carbocycles. The van der Waals surface area contributed by atoms with E-state index in [4.69, 9.17) is 4.74 Å². The molecule has 0 saturated heterocycles. The highest BCUT2D eigenvalue weighted by molar-refractivity contribution is 6.01. The van der Waals surface area contributed by atoms with Crippen molar-refractivity contribution >= 4 is 11.8 Å². The van der Waals surface area contributed by atoms with Crippen LogP contribution in [0.1, 0.15) is 111 Å². The molecule has 1 N–H and O–H groups in total. The zero-order valence-corrected chi connectivity index (χ0v) is 17.4. The van der Waals surface area contributed by atoms with Crippen molar-refractivity contribution in [1.82, 2.24) is 0 Å². The quantitative estimate of drug-likeness (QED) is 0.194. The van der Waals surface area contributed by atoms with Crippen LogP contribution in [0, 0.1) is 5.92 Å². The van der Waals surface area contributed by atoms with Crippen LogP contribution in [-0.2, 0) is 14.3 Å². The number of ether oxygens (including phenoxy) is 1. The molecule has 0 heterocycles. The van der Waals surface area contributed by atoms with Gasteiger partial charge in [-0.05, 0) is 18.8 Å². The van der Waals surface area contributed by atoms with E-state index < -0.39 is 17.9 Å². The number of carbonyl (C=O) groups is 2. The Kier molecular flexibility index (Phi) is 16.9. The fourth-order valence-corrected chi connectivity index (χ4v) is 3.06. The fraction of sp³-hybridized carbons (Fsp3) is 0.909. The van der Waals surface area contributed by atoms with E-state index in [1.54, 1.807) is 0 Å². The van der Waals surface area contributed by atoms with Crippen molar-refractivity contribution < 1.29 is 19.4 Å². The lowest BCUT2D eigenvalue weighted by molar-refractivity contribution is -0.159. The average Bonchev–Trinajstić information content (AvgIpc) is 2.65. The SMILES string of the molecule is CCCCCCCCCCCC(=O)C(O)C(=O)OCC(CC)CCCC. The van der Waals surface area contributed by atoms with Crippen LogP contribution in [0.3, 0.4) is 0 Å². The molecule has 0 aliphatic carbocycles. The lowest BCUT2D eigenvalue weighted by Crippen LogP contribution is -2.32. The second-order valence-electron chi connectivity index (χ2n) is 7.49. The average molecular weight is 371 g/mol. The minimum absolute atomic E-state index is 0.263. The van der Waals surface area contributed by atoms with Crippen LogP contribution >= 0.6 is 0 Å². The monoisotopic (exact) mass is 370 g/mol. The largest absolute Gasteiger partial charge is 0.463 e. The number of hydrogen-bond donors (Lipinski definition) is 1. The van der Waals surface area contributed by atoms with Gasteiger partial charge in [-0.25, -0.2) is 4.79 Å². The normalized spacial score (nSPS) is 13.4. The van der Waals surface area contributed by atoms with Crippen molar-refractivity contribution in [2.24, 2.45) is 5.92 Å². The topological polar surface area (TPSA) is 63.6 Å². The van der Waals surface area contributed by atoms with Crippen LogP contribution in [0.4, 0.5) is 0 Å². The molecule has 0 saturated carbocycles. The van der Waals surface area contributed by atoms with E-state index in [1.165, 1.54) is 38.5 Å². The molecule has 26 heavy (non-hydrogen) atoms. The first-order valence-corrected chi connectivity index (χ1v) is 10.9. The summed E-state index contributed by atoms with van der Waals surface area (Å²) >= 11 is 0. The van der Waals surface area contributed by atoms with E-state index >= 15 is 0 Å². The molecule has 0 radical (unpaired) electrons. The first-order chi connectivity index (χ1) is 12.6. The van der Waals surface area contributed by atoms with Crippen molar-refractivity contribution in [3.05, 3.63) is 0 Å². The smallest absolute Gasteiger partial charge is 0.342 e. The molecule has 4 nitrogen and oxygen atoms in total. The molecular weight excluding hydrogens is 328 g/mol. The Morgan fingerprint density at radius 2 is 1.35 bits per heavy atom. The maximum absolute atomic E-state index is 11.9. The van der Waals surface area contributed by atoms with Crippen molar-refractivity contribution in [1.29, 1.82) is 0 Å². The molecule has 0 aliphatic heterocycles.